The van der Waals surface area contributed by atoms with Crippen LogP contribution < -0.4 is 5.73 Å². The van der Waals surface area contributed by atoms with Gasteiger partial charge >= 0.3 is 0 Å². The Balaban J connectivity index is 1.85. The molecule has 3 rings (SSSR count). The lowest BCUT2D eigenvalue weighted by atomic mass is 10.1. The molecule has 0 saturated heterocycles. The standard InChI is InChI=1S/C16H18N2OS/c1-18(10-12-5-4-8-19-12)11-14-13-6-2-3-7-15(13)20-16(14)9-17/h2-8H,9-11,17H2,1H3. The van der Waals surface area contributed by atoms with E-state index < -0.39 is 0 Å². The first-order valence-electron chi connectivity index (χ1n) is 6.68. The third-order valence-corrected chi connectivity index (χ3v) is 4.64. The lowest BCUT2D eigenvalue weighted by Gasteiger charge is -2.15. The van der Waals surface area contributed by atoms with Crippen LogP contribution in [0.3, 0.4) is 0 Å². The quantitative estimate of drug-likeness (QED) is 0.779. The van der Waals surface area contributed by atoms with E-state index in [0.717, 1.165) is 18.8 Å². The van der Waals surface area contributed by atoms with E-state index in [1.54, 1.807) is 17.6 Å². The minimum absolute atomic E-state index is 0.600. The summed E-state index contributed by atoms with van der Waals surface area (Å²) in [5.41, 5.74) is 7.25. The van der Waals surface area contributed by atoms with Gasteiger partial charge in [0.05, 0.1) is 12.8 Å². The van der Waals surface area contributed by atoms with E-state index in [1.807, 2.05) is 12.1 Å². The number of nitrogens with zero attached hydrogens (tertiary/aromatic N) is 1. The minimum atomic E-state index is 0.600. The molecule has 2 N–H and O–H groups in total. The van der Waals surface area contributed by atoms with E-state index in [4.69, 9.17) is 10.2 Å². The fraction of sp³-hybridized carbons (Fsp3) is 0.250. The summed E-state index contributed by atoms with van der Waals surface area (Å²) < 4.78 is 6.72. The van der Waals surface area contributed by atoms with Crippen LogP contribution in [0, 0.1) is 0 Å². The van der Waals surface area contributed by atoms with Gasteiger partial charge in [-0.2, -0.15) is 0 Å². The second kappa shape index (κ2) is 5.79. The molecule has 104 valence electrons. The zero-order valence-corrected chi connectivity index (χ0v) is 12.3. The first-order chi connectivity index (χ1) is 9.78. The molecule has 0 aliphatic rings. The Bertz CT molecular complexity index is 688. The van der Waals surface area contributed by atoms with Crippen LogP contribution in [0.25, 0.3) is 10.1 Å². The molecule has 20 heavy (non-hydrogen) atoms. The third kappa shape index (κ3) is 2.63. The van der Waals surface area contributed by atoms with Crippen molar-refractivity contribution in [2.24, 2.45) is 5.73 Å². The van der Waals surface area contributed by atoms with Gasteiger partial charge in [-0.25, -0.2) is 0 Å². The molecule has 0 unspecified atom stereocenters. The van der Waals surface area contributed by atoms with Gasteiger partial charge in [0.2, 0.25) is 0 Å². The molecule has 0 aliphatic carbocycles. The molecule has 0 bridgehead atoms. The maximum atomic E-state index is 5.90. The second-order valence-electron chi connectivity index (χ2n) is 4.96. The first kappa shape index (κ1) is 13.4. The van der Waals surface area contributed by atoms with Crippen LogP contribution in [0.2, 0.25) is 0 Å². The molecule has 2 aromatic heterocycles. The highest BCUT2D eigenvalue weighted by Crippen LogP contribution is 2.32. The first-order valence-corrected chi connectivity index (χ1v) is 7.50. The third-order valence-electron chi connectivity index (χ3n) is 3.40. The zero-order chi connectivity index (χ0) is 13.9. The topological polar surface area (TPSA) is 42.4 Å². The van der Waals surface area contributed by atoms with E-state index >= 15 is 0 Å². The molecule has 3 nitrogen and oxygen atoms in total. The van der Waals surface area contributed by atoms with E-state index in [-0.39, 0.29) is 0 Å². The van der Waals surface area contributed by atoms with Crippen LogP contribution in [0.5, 0.6) is 0 Å². The van der Waals surface area contributed by atoms with Crippen molar-refractivity contribution in [2.75, 3.05) is 7.05 Å². The van der Waals surface area contributed by atoms with E-state index in [9.17, 15) is 0 Å². The van der Waals surface area contributed by atoms with Crippen LogP contribution in [0.4, 0.5) is 0 Å². The molecule has 0 amide bonds. The van der Waals surface area contributed by atoms with Crippen molar-refractivity contribution < 1.29 is 4.42 Å². The summed E-state index contributed by atoms with van der Waals surface area (Å²) in [6.45, 7) is 2.29. The van der Waals surface area contributed by atoms with Gasteiger partial charge in [0, 0.05) is 22.7 Å². The highest BCUT2D eigenvalue weighted by atomic mass is 32.1. The molecule has 0 saturated carbocycles. The van der Waals surface area contributed by atoms with Gasteiger partial charge in [0.25, 0.3) is 0 Å². The fourth-order valence-corrected chi connectivity index (χ4v) is 3.58. The van der Waals surface area contributed by atoms with Gasteiger partial charge in [-0.1, -0.05) is 18.2 Å². The molecular weight excluding hydrogens is 268 g/mol. The molecule has 0 spiro atoms. The molecule has 0 fully saturated rings. The Hall–Kier alpha value is -1.62. The van der Waals surface area contributed by atoms with Gasteiger partial charge in [0.1, 0.15) is 5.76 Å². The van der Waals surface area contributed by atoms with Crippen LogP contribution in [0.15, 0.2) is 47.1 Å². The highest BCUT2D eigenvalue weighted by Gasteiger charge is 2.13. The molecule has 0 aliphatic heterocycles. The number of rotatable bonds is 5. The van der Waals surface area contributed by atoms with Crippen molar-refractivity contribution in [1.82, 2.24) is 4.90 Å². The number of hydrogen-bond donors (Lipinski definition) is 1. The van der Waals surface area contributed by atoms with Gasteiger partial charge in [-0.15, -0.1) is 11.3 Å². The molecule has 3 aromatic rings. The van der Waals surface area contributed by atoms with Crippen molar-refractivity contribution >= 4 is 21.4 Å². The predicted molar refractivity (Wildman–Crippen MR) is 83.6 cm³/mol. The average Bonchev–Trinajstić information content (AvgIpc) is 3.07. The smallest absolute Gasteiger partial charge is 0.117 e. The van der Waals surface area contributed by atoms with Crippen LogP contribution in [0.1, 0.15) is 16.2 Å². The lowest BCUT2D eigenvalue weighted by molar-refractivity contribution is 0.288. The Morgan fingerprint density at radius 2 is 2.00 bits per heavy atom. The van der Waals surface area contributed by atoms with Gasteiger partial charge in [0.15, 0.2) is 0 Å². The molecule has 1 aromatic carbocycles. The summed E-state index contributed by atoms with van der Waals surface area (Å²) in [6, 6.07) is 12.4. The summed E-state index contributed by atoms with van der Waals surface area (Å²) in [5, 5.41) is 1.32. The zero-order valence-electron chi connectivity index (χ0n) is 11.5. The van der Waals surface area contributed by atoms with Crippen LogP contribution in [-0.2, 0) is 19.6 Å². The molecule has 4 heteroatoms. The summed E-state index contributed by atoms with van der Waals surface area (Å²) >= 11 is 1.80. The van der Waals surface area contributed by atoms with Crippen molar-refractivity contribution in [3.05, 3.63) is 58.9 Å². The monoisotopic (exact) mass is 286 g/mol. The Morgan fingerprint density at radius 1 is 1.15 bits per heavy atom. The number of thiophene rings is 1. The summed E-state index contributed by atoms with van der Waals surface area (Å²) in [4.78, 5) is 3.53. The number of benzene rings is 1. The SMILES string of the molecule is CN(Cc1ccco1)Cc1c(CN)sc2ccccc12. The summed E-state index contributed by atoms with van der Waals surface area (Å²) in [7, 11) is 2.11. The minimum Gasteiger partial charge on any atom is -0.468 e. The summed E-state index contributed by atoms with van der Waals surface area (Å²) in [6.07, 6.45) is 1.72. The normalized spacial score (nSPS) is 11.6. The summed E-state index contributed by atoms with van der Waals surface area (Å²) in [5.74, 6) is 0.987. The lowest BCUT2D eigenvalue weighted by Crippen LogP contribution is -2.17. The van der Waals surface area contributed by atoms with Crippen LogP contribution >= 0.6 is 11.3 Å². The Labute approximate surface area is 122 Å². The maximum Gasteiger partial charge on any atom is 0.117 e. The Morgan fingerprint density at radius 3 is 2.75 bits per heavy atom. The van der Waals surface area contributed by atoms with Gasteiger partial charge in [-0.3, -0.25) is 4.90 Å². The highest BCUT2D eigenvalue weighted by molar-refractivity contribution is 7.19. The molecule has 0 atom stereocenters. The number of nitrogens with two attached hydrogens (primary N) is 1. The van der Waals surface area contributed by atoms with Crippen molar-refractivity contribution in [1.29, 1.82) is 0 Å². The van der Waals surface area contributed by atoms with Crippen molar-refractivity contribution in [2.45, 2.75) is 19.6 Å². The van der Waals surface area contributed by atoms with Crippen LogP contribution in [-0.4, -0.2) is 11.9 Å². The largest absolute Gasteiger partial charge is 0.468 e. The number of hydrogen-bond acceptors (Lipinski definition) is 4. The van der Waals surface area contributed by atoms with Gasteiger partial charge < -0.3 is 10.2 Å². The Kier molecular flexibility index (Phi) is 3.87. The number of furan rings is 1. The van der Waals surface area contributed by atoms with E-state index in [0.29, 0.717) is 6.54 Å². The van der Waals surface area contributed by atoms with E-state index in [1.165, 1.54) is 20.5 Å². The van der Waals surface area contributed by atoms with Gasteiger partial charge in [-0.05, 0) is 36.2 Å². The number of fused-ring (bicyclic) bond motifs is 1. The molecule has 0 radical (unpaired) electrons. The predicted octanol–water partition coefficient (Wildman–Crippen LogP) is 3.59. The van der Waals surface area contributed by atoms with Crippen molar-refractivity contribution in [3.8, 4) is 0 Å². The maximum absolute atomic E-state index is 5.90. The molecular formula is C16H18N2OS. The molecule has 2 heterocycles. The second-order valence-corrected chi connectivity index (χ2v) is 6.09. The fourth-order valence-electron chi connectivity index (χ4n) is 2.48. The average molecular weight is 286 g/mol. The van der Waals surface area contributed by atoms with E-state index in [2.05, 4.69) is 36.2 Å². The van der Waals surface area contributed by atoms with Crippen molar-refractivity contribution in [3.63, 3.8) is 0 Å².